The summed E-state index contributed by atoms with van der Waals surface area (Å²) in [7, 11) is 1.34. The number of nitriles is 1. The first-order chi connectivity index (χ1) is 6.78. The maximum absolute atomic E-state index is 10.6. The number of aldehydes is 2. The van der Waals surface area contributed by atoms with Crippen molar-refractivity contribution < 1.29 is 14.3 Å². The van der Waals surface area contributed by atoms with E-state index in [4.69, 9.17) is 10.00 Å². The van der Waals surface area contributed by atoms with Gasteiger partial charge < -0.3 is 4.74 Å². The van der Waals surface area contributed by atoms with Crippen LogP contribution in [0.3, 0.4) is 0 Å². The van der Waals surface area contributed by atoms with Gasteiger partial charge in [-0.2, -0.15) is 5.26 Å². The van der Waals surface area contributed by atoms with Gasteiger partial charge >= 0.3 is 0 Å². The van der Waals surface area contributed by atoms with E-state index in [0.717, 1.165) is 0 Å². The topological polar surface area (TPSA) is 67.2 Å². The molecule has 0 bridgehead atoms. The predicted molar refractivity (Wildman–Crippen MR) is 48.5 cm³/mol. The lowest BCUT2D eigenvalue weighted by atomic mass is 10.0. The van der Waals surface area contributed by atoms with Crippen LogP contribution in [-0.2, 0) is 0 Å². The van der Waals surface area contributed by atoms with Crippen LogP contribution in [0, 0.1) is 11.3 Å². The molecule has 70 valence electrons. The minimum atomic E-state index is 0.0899. The summed E-state index contributed by atoms with van der Waals surface area (Å²) in [6, 6.07) is 4.68. The van der Waals surface area contributed by atoms with Crippen LogP contribution >= 0.6 is 0 Å². The van der Waals surface area contributed by atoms with Crippen molar-refractivity contribution in [1.29, 1.82) is 5.26 Å². The predicted octanol–water partition coefficient (Wildman–Crippen LogP) is 1.19. The van der Waals surface area contributed by atoms with Gasteiger partial charge in [-0.3, -0.25) is 9.59 Å². The minimum Gasteiger partial charge on any atom is -0.495 e. The Bertz CT molecular complexity index is 418. The molecule has 0 aromatic heterocycles. The Morgan fingerprint density at radius 2 is 1.86 bits per heavy atom. The number of hydrogen-bond donors (Lipinski definition) is 0. The van der Waals surface area contributed by atoms with E-state index < -0.39 is 0 Å². The van der Waals surface area contributed by atoms with Crippen molar-refractivity contribution in [2.75, 3.05) is 7.11 Å². The Morgan fingerprint density at radius 3 is 2.29 bits per heavy atom. The lowest BCUT2D eigenvalue weighted by molar-refractivity contribution is 0.111. The molecule has 4 nitrogen and oxygen atoms in total. The fraction of sp³-hybridized carbons (Fsp3) is 0.100. The highest BCUT2D eigenvalue weighted by atomic mass is 16.5. The first-order valence-corrected chi connectivity index (χ1v) is 3.80. The average molecular weight is 189 g/mol. The number of rotatable bonds is 3. The van der Waals surface area contributed by atoms with Crippen molar-refractivity contribution in [3.05, 3.63) is 28.8 Å². The first kappa shape index (κ1) is 9.93. The quantitative estimate of drug-likeness (QED) is 0.670. The second-order valence-electron chi connectivity index (χ2n) is 2.50. The Kier molecular flexibility index (Phi) is 2.97. The normalized spacial score (nSPS) is 8.86. The third kappa shape index (κ3) is 1.48. The molecule has 0 saturated heterocycles. The van der Waals surface area contributed by atoms with Gasteiger partial charge in [-0.15, -0.1) is 0 Å². The largest absolute Gasteiger partial charge is 0.495 e. The van der Waals surface area contributed by atoms with Crippen LogP contribution in [-0.4, -0.2) is 19.7 Å². The number of nitrogens with zero attached hydrogens (tertiary/aromatic N) is 1. The minimum absolute atomic E-state index is 0.0899. The summed E-state index contributed by atoms with van der Waals surface area (Å²) >= 11 is 0. The smallest absolute Gasteiger partial charge is 0.153 e. The number of hydrogen-bond acceptors (Lipinski definition) is 4. The maximum atomic E-state index is 10.6. The molecule has 0 heterocycles. The molecule has 4 heteroatoms. The summed E-state index contributed by atoms with van der Waals surface area (Å²) in [5.41, 5.74) is 0.566. The molecular weight excluding hydrogens is 182 g/mol. The summed E-state index contributed by atoms with van der Waals surface area (Å²) in [4.78, 5) is 21.1. The molecule has 1 rings (SSSR count). The molecule has 0 amide bonds. The van der Waals surface area contributed by atoms with Crippen LogP contribution in [0.5, 0.6) is 5.75 Å². The second-order valence-corrected chi connectivity index (χ2v) is 2.50. The van der Waals surface area contributed by atoms with E-state index >= 15 is 0 Å². The highest BCUT2D eigenvalue weighted by Gasteiger charge is 2.12. The zero-order valence-corrected chi connectivity index (χ0v) is 7.48. The lowest BCUT2D eigenvalue weighted by Crippen LogP contribution is -1.98. The molecule has 0 radical (unpaired) electrons. The molecule has 0 fully saturated rings. The average Bonchev–Trinajstić information content (AvgIpc) is 2.26. The van der Waals surface area contributed by atoms with Gasteiger partial charge in [0.1, 0.15) is 17.4 Å². The second kappa shape index (κ2) is 4.19. The number of ether oxygens (including phenoxy) is 1. The van der Waals surface area contributed by atoms with E-state index in [9.17, 15) is 9.59 Å². The van der Waals surface area contributed by atoms with E-state index in [-0.39, 0.29) is 22.4 Å². The number of carbonyl (C=O) groups excluding carboxylic acids is 2. The number of carbonyl (C=O) groups is 2. The Labute approximate surface area is 80.7 Å². The summed E-state index contributed by atoms with van der Waals surface area (Å²) in [5.74, 6) is 0.145. The molecule has 0 atom stereocenters. The summed E-state index contributed by atoms with van der Waals surface area (Å²) < 4.78 is 4.89. The molecule has 0 spiro atoms. The van der Waals surface area contributed by atoms with Crippen LogP contribution < -0.4 is 4.74 Å². The molecule has 0 unspecified atom stereocenters. The molecule has 1 aromatic carbocycles. The Morgan fingerprint density at radius 1 is 1.29 bits per heavy atom. The fourth-order valence-corrected chi connectivity index (χ4v) is 1.14. The van der Waals surface area contributed by atoms with Crippen molar-refractivity contribution >= 4 is 12.6 Å². The summed E-state index contributed by atoms with van der Waals surface area (Å²) in [6.07, 6.45) is 1.13. The lowest BCUT2D eigenvalue weighted by Gasteiger charge is -2.06. The van der Waals surface area contributed by atoms with Crippen LogP contribution in [0.25, 0.3) is 0 Å². The first-order valence-electron chi connectivity index (χ1n) is 3.80. The maximum Gasteiger partial charge on any atom is 0.153 e. The Hall–Kier alpha value is -2.15. The molecule has 14 heavy (non-hydrogen) atoms. The van der Waals surface area contributed by atoms with Crippen molar-refractivity contribution in [2.24, 2.45) is 0 Å². The van der Waals surface area contributed by atoms with Crippen LogP contribution in [0.4, 0.5) is 0 Å². The summed E-state index contributed by atoms with van der Waals surface area (Å²) in [5, 5.41) is 8.78. The zero-order chi connectivity index (χ0) is 10.6. The van der Waals surface area contributed by atoms with Crippen molar-refractivity contribution in [3.8, 4) is 11.8 Å². The van der Waals surface area contributed by atoms with Crippen molar-refractivity contribution in [3.63, 3.8) is 0 Å². The van der Waals surface area contributed by atoms with Crippen LogP contribution in [0.15, 0.2) is 12.1 Å². The third-order valence-electron chi connectivity index (χ3n) is 1.79. The molecular formula is C10H7NO3. The van der Waals surface area contributed by atoms with E-state index in [1.165, 1.54) is 19.2 Å². The van der Waals surface area contributed by atoms with Crippen molar-refractivity contribution in [1.82, 2.24) is 0 Å². The molecule has 0 aliphatic heterocycles. The van der Waals surface area contributed by atoms with Gasteiger partial charge in [0.15, 0.2) is 12.6 Å². The zero-order valence-electron chi connectivity index (χ0n) is 7.48. The van der Waals surface area contributed by atoms with Gasteiger partial charge in [0, 0.05) is 5.56 Å². The molecule has 0 aliphatic carbocycles. The van der Waals surface area contributed by atoms with Crippen LogP contribution in [0.2, 0.25) is 0 Å². The van der Waals surface area contributed by atoms with Crippen LogP contribution in [0.1, 0.15) is 26.3 Å². The molecule has 0 saturated carbocycles. The fourth-order valence-electron chi connectivity index (χ4n) is 1.14. The van der Waals surface area contributed by atoms with Gasteiger partial charge in [-0.25, -0.2) is 0 Å². The van der Waals surface area contributed by atoms with Crippen molar-refractivity contribution in [2.45, 2.75) is 0 Å². The SMILES string of the molecule is COc1c(C=O)ccc(C=O)c1C#N. The Balaban J connectivity index is 3.53. The van der Waals surface area contributed by atoms with Gasteiger partial charge in [0.2, 0.25) is 0 Å². The third-order valence-corrected chi connectivity index (χ3v) is 1.79. The highest BCUT2D eigenvalue weighted by Crippen LogP contribution is 2.24. The van der Waals surface area contributed by atoms with E-state index in [1.54, 1.807) is 0 Å². The molecule has 0 aliphatic rings. The van der Waals surface area contributed by atoms with E-state index in [0.29, 0.717) is 12.6 Å². The standard InChI is InChI=1S/C10H7NO3/c1-14-10-8(6-13)3-2-7(5-12)9(10)4-11/h2-3,5-6H,1H3. The highest BCUT2D eigenvalue weighted by molar-refractivity contribution is 5.87. The number of benzene rings is 1. The van der Waals surface area contributed by atoms with E-state index in [2.05, 4.69) is 0 Å². The van der Waals surface area contributed by atoms with Gasteiger partial charge in [0.05, 0.1) is 12.7 Å². The monoisotopic (exact) mass is 189 g/mol. The van der Waals surface area contributed by atoms with Gasteiger partial charge in [0.25, 0.3) is 0 Å². The van der Waals surface area contributed by atoms with E-state index in [1.807, 2.05) is 6.07 Å². The van der Waals surface area contributed by atoms with Gasteiger partial charge in [-0.1, -0.05) is 0 Å². The molecule has 1 aromatic rings. The summed E-state index contributed by atoms with van der Waals surface area (Å²) in [6.45, 7) is 0. The van der Waals surface area contributed by atoms with Gasteiger partial charge in [-0.05, 0) is 12.1 Å². The number of methoxy groups -OCH3 is 1. The molecule has 0 N–H and O–H groups in total.